The maximum Gasteiger partial charge on any atom is 0.238 e. The molecule has 3 N–H and O–H groups in total. The van der Waals surface area contributed by atoms with Gasteiger partial charge in [0.05, 0.1) is 4.90 Å². The van der Waals surface area contributed by atoms with E-state index in [4.69, 9.17) is 9.88 Å². The molecule has 5 nitrogen and oxygen atoms in total. The van der Waals surface area contributed by atoms with Crippen LogP contribution in [0, 0.1) is 0 Å². The van der Waals surface area contributed by atoms with Crippen molar-refractivity contribution < 1.29 is 25.6 Å². The third-order valence-electron chi connectivity index (χ3n) is 3.46. The number of ether oxygens (including phenoxy) is 1. The van der Waals surface area contributed by atoms with Gasteiger partial charge >= 0.3 is 0 Å². The number of hydrogen-bond donors (Lipinski definition) is 2. The van der Waals surface area contributed by atoms with Crippen molar-refractivity contribution >= 4 is 10.0 Å². The Bertz CT molecular complexity index is 760. The molecule has 0 unspecified atom stereocenters. The fourth-order valence-corrected chi connectivity index (χ4v) is 2.69. The summed E-state index contributed by atoms with van der Waals surface area (Å²) < 4.78 is 27.8. The maximum absolute atomic E-state index is 11.2. The summed E-state index contributed by atoms with van der Waals surface area (Å²) in [7, 11) is -3.62. The molecule has 0 bridgehead atoms. The van der Waals surface area contributed by atoms with Crippen LogP contribution in [0.5, 0.6) is 5.75 Å². The molecule has 0 aliphatic carbocycles. The Morgan fingerprint density at radius 2 is 1.64 bits per heavy atom. The van der Waals surface area contributed by atoms with Crippen molar-refractivity contribution in [1.29, 1.82) is 0 Å². The van der Waals surface area contributed by atoms with Crippen molar-refractivity contribution in [3.63, 3.8) is 0 Å². The molecule has 0 aromatic heterocycles. The van der Waals surface area contributed by atoms with Gasteiger partial charge in [0.2, 0.25) is 10.0 Å². The molecule has 2 aromatic rings. The fourth-order valence-electron chi connectivity index (χ4n) is 2.17. The van der Waals surface area contributed by atoms with E-state index >= 15 is 0 Å². The third kappa shape index (κ3) is 7.27. The molecule has 2 aromatic carbocycles. The SMILES string of the molecule is C=CCOc1ccc(CNCCc2ccc(S(N)(=O)=O)cc2)cc1.[Cl-]. The molecule has 2 rings (SSSR count). The Hall–Kier alpha value is -1.86. The highest BCUT2D eigenvalue weighted by Gasteiger charge is 2.06. The summed E-state index contributed by atoms with van der Waals surface area (Å²) in [6.07, 6.45) is 2.52. The molecule has 25 heavy (non-hydrogen) atoms. The van der Waals surface area contributed by atoms with Crippen LogP contribution in [0.15, 0.2) is 66.1 Å². The average Bonchev–Trinajstić information content (AvgIpc) is 2.57. The summed E-state index contributed by atoms with van der Waals surface area (Å²) in [4.78, 5) is 0.137. The number of halogens is 1. The Labute approximate surface area is 155 Å². The monoisotopic (exact) mass is 381 g/mol. The van der Waals surface area contributed by atoms with Crippen LogP contribution < -0.4 is 27.6 Å². The van der Waals surface area contributed by atoms with Gasteiger partial charge < -0.3 is 22.5 Å². The summed E-state index contributed by atoms with van der Waals surface area (Å²) in [5.74, 6) is 0.827. The Morgan fingerprint density at radius 3 is 2.20 bits per heavy atom. The first-order chi connectivity index (χ1) is 11.5. The Kier molecular flexibility index (Phi) is 8.65. The van der Waals surface area contributed by atoms with Crippen LogP contribution >= 0.6 is 0 Å². The zero-order chi connectivity index (χ0) is 17.4. The lowest BCUT2D eigenvalue weighted by Gasteiger charge is -2.07. The van der Waals surface area contributed by atoms with Gasteiger partial charge in [-0.05, 0) is 48.4 Å². The van der Waals surface area contributed by atoms with Crippen molar-refractivity contribution in [2.24, 2.45) is 5.14 Å². The molecule has 0 fully saturated rings. The quantitative estimate of drug-likeness (QED) is 0.442. The van der Waals surface area contributed by atoms with Crippen LogP contribution in [0.1, 0.15) is 11.1 Å². The molecule has 0 saturated heterocycles. The lowest BCUT2D eigenvalue weighted by Crippen LogP contribution is -3.00. The molecular formula is C18H22ClN2O3S-. The topological polar surface area (TPSA) is 81.4 Å². The van der Waals surface area contributed by atoms with E-state index in [1.165, 1.54) is 17.7 Å². The lowest BCUT2D eigenvalue weighted by atomic mass is 10.1. The molecule has 0 heterocycles. The van der Waals surface area contributed by atoms with Crippen LogP contribution in [0.25, 0.3) is 0 Å². The molecule has 0 saturated carbocycles. The van der Waals surface area contributed by atoms with E-state index in [0.717, 1.165) is 30.8 Å². The van der Waals surface area contributed by atoms with Gasteiger partial charge in [0.25, 0.3) is 0 Å². The zero-order valence-electron chi connectivity index (χ0n) is 13.8. The zero-order valence-corrected chi connectivity index (χ0v) is 15.4. The Balaban J connectivity index is 0.00000312. The minimum atomic E-state index is -3.62. The predicted molar refractivity (Wildman–Crippen MR) is 95.4 cm³/mol. The highest BCUT2D eigenvalue weighted by molar-refractivity contribution is 7.89. The van der Waals surface area contributed by atoms with E-state index in [0.29, 0.717) is 6.61 Å². The summed E-state index contributed by atoms with van der Waals surface area (Å²) >= 11 is 0. The van der Waals surface area contributed by atoms with Crippen LogP contribution in [-0.2, 0) is 23.0 Å². The second-order valence-corrected chi connectivity index (χ2v) is 6.92. The van der Waals surface area contributed by atoms with Gasteiger partial charge in [-0.15, -0.1) is 0 Å². The van der Waals surface area contributed by atoms with E-state index in [1.807, 2.05) is 24.3 Å². The van der Waals surface area contributed by atoms with Crippen molar-refractivity contribution in [3.8, 4) is 5.75 Å². The van der Waals surface area contributed by atoms with Crippen molar-refractivity contribution in [2.75, 3.05) is 13.2 Å². The molecule has 0 aliphatic rings. The summed E-state index contributed by atoms with van der Waals surface area (Å²) in [5.41, 5.74) is 2.23. The first-order valence-corrected chi connectivity index (χ1v) is 9.19. The molecule has 136 valence electrons. The second-order valence-electron chi connectivity index (χ2n) is 5.36. The van der Waals surface area contributed by atoms with E-state index in [2.05, 4.69) is 11.9 Å². The molecular weight excluding hydrogens is 360 g/mol. The normalized spacial score (nSPS) is 10.8. The van der Waals surface area contributed by atoms with Gasteiger partial charge in [-0.25, -0.2) is 13.6 Å². The molecule has 0 radical (unpaired) electrons. The van der Waals surface area contributed by atoms with Crippen molar-refractivity contribution in [3.05, 3.63) is 72.3 Å². The first-order valence-electron chi connectivity index (χ1n) is 7.64. The minimum absolute atomic E-state index is 0. The van der Waals surface area contributed by atoms with E-state index < -0.39 is 10.0 Å². The number of hydrogen-bond acceptors (Lipinski definition) is 4. The summed E-state index contributed by atoms with van der Waals surface area (Å²) in [6.45, 7) is 5.67. The van der Waals surface area contributed by atoms with Gasteiger partial charge in [-0.2, -0.15) is 0 Å². The largest absolute Gasteiger partial charge is 1.00 e. The fraction of sp³-hybridized carbons (Fsp3) is 0.222. The Morgan fingerprint density at radius 1 is 1.04 bits per heavy atom. The number of sulfonamides is 1. The van der Waals surface area contributed by atoms with Crippen LogP contribution in [0.3, 0.4) is 0 Å². The molecule has 0 atom stereocenters. The number of benzene rings is 2. The van der Waals surface area contributed by atoms with Crippen molar-refractivity contribution in [2.45, 2.75) is 17.9 Å². The maximum atomic E-state index is 11.2. The number of rotatable bonds is 9. The van der Waals surface area contributed by atoms with Gasteiger partial charge in [0.1, 0.15) is 12.4 Å². The average molecular weight is 382 g/mol. The highest BCUT2D eigenvalue weighted by atomic mass is 35.5. The van der Waals surface area contributed by atoms with E-state index in [1.54, 1.807) is 18.2 Å². The third-order valence-corrected chi connectivity index (χ3v) is 4.39. The molecule has 0 spiro atoms. The van der Waals surface area contributed by atoms with Crippen LogP contribution in [0.4, 0.5) is 0 Å². The van der Waals surface area contributed by atoms with Crippen LogP contribution in [0.2, 0.25) is 0 Å². The van der Waals surface area contributed by atoms with Gasteiger partial charge in [0, 0.05) is 6.54 Å². The van der Waals surface area contributed by atoms with Gasteiger partial charge in [0.15, 0.2) is 0 Å². The van der Waals surface area contributed by atoms with E-state index in [9.17, 15) is 8.42 Å². The molecule has 7 heteroatoms. The summed E-state index contributed by atoms with van der Waals surface area (Å²) in [6, 6.07) is 14.6. The van der Waals surface area contributed by atoms with Gasteiger partial charge in [-0.1, -0.05) is 36.9 Å². The highest BCUT2D eigenvalue weighted by Crippen LogP contribution is 2.12. The smallest absolute Gasteiger partial charge is 0.238 e. The van der Waals surface area contributed by atoms with Gasteiger partial charge in [-0.3, -0.25) is 0 Å². The van der Waals surface area contributed by atoms with Crippen LogP contribution in [-0.4, -0.2) is 21.6 Å². The number of nitrogens with one attached hydrogen (secondary N) is 1. The predicted octanol–water partition coefficient (Wildman–Crippen LogP) is -0.765. The minimum Gasteiger partial charge on any atom is -1.00 e. The molecule has 0 amide bonds. The second kappa shape index (κ2) is 10.2. The van der Waals surface area contributed by atoms with Crippen molar-refractivity contribution in [1.82, 2.24) is 5.32 Å². The molecule has 0 aliphatic heterocycles. The number of nitrogens with two attached hydrogens (primary N) is 1. The standard InChI is InChI=1S/C18H22N2O3S.ClH/c1-2-13-23-17-7-3-16(4-8-17)14-20-12-11-15-5-9-18(10-6-15)24(19,21)22;/h2-10,20H,1,11-14H2,(H2,19,21,22);1H/p-1. The number of primary sulfonamides is 1. The lowest BCUT2D eigenvalue weighted by molar-refractivity contribution is -0.00000796. The summed E-state index contributed by atoms with van der Waals surface area (Å²) in [5, 5.41) is 8.43. The first kappa shape index (κ1) is 21.2. The van der Waals surface area contributed by atoms with E-state index in [-0.39, 0.29) is 17.3 Å².